The van der Waals surface area contributed by atoms with Gasteiger partial charge in [-0.3, -0.25) is 0 Å². The van der Waals surface area contributed by atoms with E-state index in [0.717, 1.165) is 6.54 Å². The van der Waals surface area contributed by atoms with Gasteiger partial charge in [0.25, 0.3) is 0 Å². The van der Waals surface area contributed by atoms with E-state index in [1.165, 1.54) is 30.8 Å². The fourth-order valence-electron chi connectivity index (χ4n) is 2.41. The molecule has 1 unspecified atom stereocenters. The maximum absolute atomic E-state index is 5.93. The van der Waals surface area contributed by atoms with Gasteiger partial charge < -0.3 is 5.73 Å². The molecular weight excluding hydrogens is 178 g/mol. The van der Waals surface area contributed by atoms with Crippen LogP contribution in [0.1, 0.15) is 40.0 Å². The van der Waals surface area contributed by atoms with Crippen LogP contribution >= 0.6 is 11.8 Å². The van der Waals surface area contributed by atoms with Crippen LogP contribution in [0.5, 0.6) is 0 Å². The number of hydrogen-bond donors (Lipinski definition) is 1. The molecule has 1 saturated heterocycles. The summed E-state index contributed by atoms with van der Waals surface area (Å²) in [7, 11) is 0. The molecular formula is C11H23NS. The molecule has 1 rings (SSSR count). The maximum Gasteiger partial charge on any atom is 0.000148 e. The Labute approximate surface area is 86.8 Å². The van der Waals surface area contributed by atoms with Gasteiger partial charge in [-0.25, -0.2) is 0 Å². The maximum atomic E-state index is 5.93. The Hall–Kier alpha value is 0.310. The third-order valence-electron chi connectivity index (χ3n) is 2.74. The highest BCUT2D eigenvalue weighted by atomic mass is 32.2. The van der Waals surface area contributed by atoms with Crippen LogP contribution in [-0.4, -0.2) is 18.1 Å². The van der Waals surface area contributed by atoms with Crippen molar-refractivity contribution in [2.24, 2.45) is 16.6 Å². The Morgan fingerprint density at radius 3 is 2.46 bits per heavy atom. The van der Waals surface area contributed by atoms with Crippen molar-refractivity contribution >= 4 is 11.8 Å². The van der Waals surface area contributed by atoms with Gasteiger partial charge in [-0.1, -0.05) is 20.8 Å². The van der Waals surface area contributed by atoms with Crippen LogP contribution in [0.25, 0.3) is 0 Å². The monoisotopic (exact) mass is 201 g/mol. The first-order valence-electron chi connectivity index (χ1n) is 5.25. The van der Waals surface area contributed by atoms with Crippen molar-refractivity contribution in [2.75, 3.05) is 18.1 Å². The topological polar surface area (TPSA) is 26.0 Å². The first kappa shape index (κ1) is 11.4. The van der Waals surface area contributed by atoms with Crippen LogP contribution in [0, 0.1) is 10.8 Å². The van der Waals surface area contributed by atoms with Crippen molar-refractivity contribution in [1.82, 2.24) is 0 Å². The molecule has 0 saturated carbocycles. The standard InChI is InChI=1S/C11H23NS/c1-10(2,3)7-11(8-12)5-4-6-13-9-11/h4-9,12H2,1-3H3. The molecule has 1 fully saturated rings. The Morgan fingerprint density at radius 1 is 1.38 bits per heavy atom. The predicted octanol–water partition coefficient (Wildman–Crippen LogP) is 2.89. The van der Waals surface area contributed by atoms with Gasteiger partial charge in [-0.15, -0.1) is 0 Å². The first-order chi connectivity index (χ1) is 5.97. The molecule has 2 N–H and O–H groups in total. The van der Waals surface area contributed by atoms with Crippen molar-refractivity contribution in [1.29, 1.82) is 0 Å². The first-order valence-corrected chi connectivity index (χ1v) is 6.41. The van der Waals surface area contributed by atoms with Crippen molar-refractivity contribution in [3.8, 4) is 0 Å². The van der Waals surface area contributed by atoms with Gasteiger partial charge in [0.05, 0.1) is 0 Å². The zero-order valence-electron chi connectivity index (χ0n) is 9.23. The molecule has 0 aromatic carbocycles. The van der Waals surface area contributed by atoms with E-state index in [4.69, 9.17) is 5.73 Å². The van der Waals surface area contributed by atoms with Crippen molar-refractivity contribution in [3.05, 3.63) is 0 Å². The Bertz CT molecular complexity index is 154. The lowest BCUT2D eigenvalue weighted by atomic mass is 9.72. The number of thioether (sulfide) groups is 1. The van der Waals surface area contributed by atoms with Crippen LogP contribution < -0.4 is 5.73 Å². The number of nitrogens with two attached hydrogens (primary N) is 1. The zero-order valence-corrected chi connectivity index (χ0v) is 10.0. The van der Waals surface area contributed by atoms with Gasteiger partial charge in [0.15, 0.2) is 0 Å². The average molecular weight is 201 g/mol. The fourth-order valence-corrected chi connectivity index (χ4v) is 3.70. The lowest BCUT2D eigenvalue weighted by Crippen LogP contribution is -2.38. The minimum Gasteiger partial charge on any atom is -0.330 e. The summed E-state index contributed by atoms with van der Waals surface area (Å²) in [6, 6.07) is 0. The highest BCUT2D eigenvalue weighted by Gasteiger charge is 2.34. The van der Waals surface area contributed by atoms with E-state index >= 15 is 0 Å². The van der Waals surface area contributed by atoms with E-state index in [1.54, 1.807) is 0 Å². The molecule has 1 aliphatic heterocycles. The molecule has 78 valence electrons. The van der Waals surface area contributed by atoms with E-state index in [9.17, 15) is 0 Å². The van der Waals surface area contributed by atoms with Crippen LogP contribution in [-0.2, 0) is 0 Å². The molecule has 0 aliphatic carbocycles. The number of rotatable bonds is 2. The van der Waals surface area contributed by atoms with E-state index in [0.29, 0.717) is 10.8 Å². The minimum atomic E-state index is 0.428. The normalized spacial score (nSPS) is 30.5. The van der Waals surface area contributed by atoms with Gasteiger partial charge in [-0.2, -0.15) is 11.8 Å². The largest absolute Gasteiger partial charge is 0.330 e. The summed E-state index contributed by atoms with van der Waals surface area (Å²) in [5.74, 6) is 2.62. The van der Waals surface area contributed by atoms with Gasteiger partial charge in [0.2, 0.25) is 0 Å². The molecule has 0 bridgehead atoms. The average Bonchev–Trinajstić information content (AvgIpc) is 2.03. The molecule has 1 aliphatic rings. The quantitative estimate of drug-likeness (QED) is 0.743. The Balaban J connectivity index is 2.57. The SMILES string of the molecule is CC(C)(C)CC1(CN)CCCSC1. The molecule has 0 aromatic rings. The van der Waals surface area contributed by atoms with E-state index in [-0.39, 0.29) is 0 Å². The number of hydrogen-bond acceptors (Lipinski definition) is 2. The second-order valence-electron chi connectivity index (χ2n) is 5.60. The summed E-state index contributed by atoms with van der Waals surface area (Å²) < 4.78 is 0. The zero-order chi connectivity index (χ0) is 9.95. The third-order valence-corrected chi connectivity index (χ3v) is 4.14. The van der Waals surface area contributed by atoms with E-state index < -0.39 is 0 Å². The van der Waals surface area contributed by atoms with Crippen LogP contribution in [0.4, 0.5) is 0 Å². The predicted molar refractivity (Wildman–Crippen MR) is 62.1 cm³/mol. The molecule has 2 heteroatoms. The van der Waals surface area contributed by atoms with Crippen LogP contribution in [0.3, 0.4) is 0 Å². The highest BCUT2D eigenvalue weighted by molar-refractivity contribution is 7.99. The minimum absolute atomic E-state index is 0.428. The van der Waals surface area contributed by atoms with Gasteiger partial charge >= 0.3 is 0 Å². The molecule has 0 radical (unpaired) electrons. The van der Waals surface area contributed by atoms with Gasteiger partial charge in [-0.05, 0) is 42.4 Å². The van der Waals surface area contributed by atoms with Gasteiger partial charge in [0, 0.05) is 5.75 Å². The Morgan fingerprint density at radius 2 is 2.08 bits per heavy atom. The highest BCUT2D eigenvalue weighted by Crippen LogP contribution is 2.42. The Kier molecular flexibility index (Phi) is 3.70. The lowest BCUT2D eigenvalue weighted by molar-refractivity contribution is 0.186. The summed E-state index contributed by atoms with van der Waals surface area (Å²) in [4.78, 5) is 0. The van der Waals surface area contributed by atoms with E-state index in [2.05, 4.69) is 32.5 Å². The molecule has 0 spiro atoms. The second-order valence-corrected chi connectivity index (χ2v) is 6.70. The molecule has 0 amide bonds. The molecule has 1 atom stereocenters. The second kappa shape index (κ2) is 4.22. The lowest BCUT2D eigenvalue weighted by Gasteiger charge is -2.40. The summed E-state index contributed by atoms with van der Waals surface area (Å²) in [5, 5.41) is 0. The summed E-state index contributed by atoms with van der Waals surface area (Å²) in [6.07, 6.45) is 3.98. The van der Waals surface area contributed by atoms with Crippen LogP contribution in [0.15, 0.2) is 0 Å². The molecule has 0 aromatic heterocycles. The van der Waals surface area contributed by atoms with Gasteiger partial charge in [0.1, 0.15) is 0 Å². The smallest absolute Gasteiger partial charge is 0.000148 e. The van der Waals surface area contributed by atoms with Crippen LogP contribution in [0.2, 0.25) is 0 Å². The summed E-state index contributed by atoms with van der Waals surface area (Å²) in [6.45, 7) is 7.84. The summed E-state index contributed by atoms with van der Waals surface area (Å²) >= 11 is 2.09. The molecule has 1 nitrogen and oxygen atoms in total. The fraction of sp³-hybridized carbons (Fsp3) is 1.00. The summed E-state index contributed by atoms with van der Waals surface area (Å²) in [5.41, 5.74) is 6.81. The molecule has 1 heterocycles. The van der Waals surface area contributed by atoms with Crippen molar-refractivity contribution in [3.63, 3.8) is 0 Å². The third kappa shape index (κ3) is 3.51. The van der Waals surface area contributed by atoms with E-state index in [1.807, 2.05) is 0 Å². The van der Waals surface area contributed by atoms with Crippen molar-refractivity contribution in [2.45, 2.75) is 40.0 Å². The van der Waals surface area contributed by atoms with Crippen molar-refractivity contribution < 1.29 is 0 Å². The molecule has 13 heavy (non-hydrogen) atoms.